The number of halogens is 1. The fourth-order valence-electron chi connectivity index (χ4n) is 3.95. The van der Waals surface area contributed by atoms with E-state index in [9.17, 15) is 18.0 Å². The number of rotatable bonds is 6. The average Bonchev–Trinajstić information content (AvgIpc) is 3.21. The Morgan fingerprint density at radius 3 is 2.75 bits per heavy atom. The summed E-state index contributed by atoms with van der Waals surface area (Å²) in [4.78, 5) is 29.0. The SMILES string of the molecule is CCCN(C(=O)C1CC(=O)N(c2cc(Cl)ccc2OC)C1)C1CCS(=O)(=O)C1. The van der Waals surface area contributed by atoms with Crippen molar-refractivity contribution < 1.29 is 22.7 Å². The summed E-state index contributed by atoms with van der Waals surface area (Å²) in [7, 11) is -1.58. The standard InChI is InChI=1S/C19H25ClN2O5S/c1-3-7-21(15-6-8-28(25,26)12-15)19(24)13-9-18(23)22(11-13)16-10-14(20)4-5-17(16)27-2/h4-5,10,13,15H,3,6-9,11-12H2,1-2H3. The number of benzene rings is 1. The van der Waals surface area contributed by atoms with Crippen molar-refractivity contribution in [3.05, 3.63) is 23.2 Å². The second-order valence-corrected chi connectivity index (χ2v) is 9.98. The summed E-state index contributed by atoms with van der Waals surface area (Å²) in [6.07, 6.45) is 1.28. The highest BCUT2D eigenvalue weighted by molar-refractivity contribution is 7.91. The molecule has 0 aliphatic carbocycles. The maximum atomic E-state index is 13.2. The molecule has 1 aromatic carbocycles. The second-order valence-electron chi connectivity index (χ2n) is 7.31. The number of hydrogen-bond donors (Lipinski definition) is 0. The summed E-state index contributed by atoms with van der Waals surface area (Å²) < 4.78 is 29.0. The van der Waals surface area contributed by atoms with E-state index in [0.717, 1.165) is 6.42 Å². The van der Waals surface area contributed by atoms with Gasteiger partial charge in [-0.15, -0.1) is 0 Å². The minimum atomic E-state index is -3.10. The first-order valence-electron chi connectivity index (χ1n) is 9.40. The molecule has 0 saturated carbocycles. The summed E-state index contributed by atoms with van der Waals surface area (Å²) in [6, 6.07) is 4.71. The van der Waals surface area contributed by atoms with Gasteiger partial charge in [0.1, 0.15) is 5.75 Å². The first-order chi connectivity index (χ1) is 13.3. The largest absolute Gasteiger partial charge is 0.495 e. The zero-order valence-corrected chi connectivity index (χ0v) is 17.6. The zero-order chi connectivity index (χ0) is 20.5. The molecule has 1 aromatic rings. The van der Waals surface area contributed by atoms with Crippen LogP contribution in [0.25, 0.3) is 0 Å². The summed E-state index contributed by atoms with van der Waals surface area (Å²) in [5.41, 5.74) is 0.542. The molecule has 0 spiro atoms. The number of ether oxygens (including phenoxy) is 1. The Balaban J connectivity index is 1.80. The summed E-state index contributed by atoms with van der Waals surface area (Å²) in [5, 5.41) is 0.474. The molecule has 2 saturated heterocycles. The van der Waals surface area contributed by atoms with E-state index >= 15 is 0 Å². The quantitative estimate of drug-likeness (QED) is 0.693. The predicted octanol–water partition coefficient (Wildman–Crippen LogP) is 2.13. The van der Waals surface area contributed by atoms with E-state index in [1.165, 1.54) is 12.0 Å². The Labute approximate surface area is 170 Å². The molecule has 0 radical (unpaired) electrons. The monoisotopic (exact) mass is 428 g/mol. The number of carbonyl (C=O) groups is 2. The fourth-order valence-corrected chi connectivity index (χ4v) is 5.85. The van der Waals surface area contributed by atoms with Gasteiger partial charge in [-0.3, -0.25) is 9.59 Å². The van der Waals surface area contributed by atoms with Crippen molar-refractivity contribution in [2.75, 3.05) is 36.6 Å². The fraction of sp³-hybridized carbons (Fsp3) is 0.579. The second kappa shape index (κ2) is 8.29. The van der Waals surface area contributed by atoms with Crippen LogP contribution in [0.3, 0.4) is 0 Å². The Hall–Kier alpha value is -1.80. The van der Waals surface area contributed by atoms with Crippen LogP contribution in [0.2, 0.25) is 5.02 Å². The van der Waals surface area contributed by atoms with E-state index in [0.29, 0.717) is 29.4 Å². The molecule has 2 heterocycles. The molecule has 28 heavy (non-hydrogen) atoms. The van der Waals surface area contributed by atoms with E-state index in [1.54, 1.807) is 23.1 Å². The minimum Gasteiger partial charge on any atom is -0.495 e. The Kier molecular flexibility index (Phi) is 6.19. The van der Waals surface area contributed by atoms with Crippen molar-refractivity contribution in [3.8, 4) is 5.75 Å². The normalized spacial score (nSPS) is 23.8. The average molecular weight is 429 g/mol. The van der Waals surface area contributed by atoms with Gasteiger partial charge >= 0.3 is 0 Å². The van der Waals surface area contributed by atoms with Gasteiger partial charge in [-0.25, -0.2) is 8.42 Å². The lowest BCUT2D eigenvalue weighted by Crippen LogP contribution is -2.45. The Morgan fingerprint density at radius 2 is 2.14 bits per heavy atom. The molecule has 2 aliphatic rings. The molecule has 2 atom stereocenters. The molecule has 2 aliphatic heterocycles. The number of amides is 2. The molecular weight excluding hydrogens is 404 g/mol. The summed E-state index contributed by atoms with van der Waals surface area (Å²) in [6.45, 7) is 2.67. The van der Waals surface area contributed by atoms with E-state index in [4.69, 9.17) is 16.3 Å². The first kappa shape index (κ1) is 20.9. The van der Waals surface area contributed by atoms with Crippen LogP contribution < -0.4 is 9.64 Å². The van der Waals surface area contributed by atoms with Crippen molar-refractivity contribution in [3.63, 3.8) is 0 Å². The van der Waals surface area contributed by atoms with Crippen LogP contribution in [0.5, 0.6) is 5.75 Å². The van der Waals surface area contributed by atoms with Crippen LogP contribution in [0.15, 0.2) is 18.2 Å². The Bertz CT molecular complexity index is 873. The van der Waals surface area contributed by atoms with Crippen molar-refractivity contribution in [1.29, 1.82) is 0 Å². The van der Waals surface area contributed by atoms with Crippen molar-refractivity contribution in [2.24, 2.45) is 5.92 Å². The lowest BCUT2D eigenvalue weighted by atomic mass is 10.0. The third-order valence-electron chi connectivity index (χ3n) is 5.30. The van der Waals surface area contributed by atoms with E-state index in [1.807, 2.05) is 6.92 Å². The zero-order valence-electron chi connectivity index (χ0n) is 16.1. The van der Waals surface area contributed by atoms with Crippen LogP contribution >= 0.6 is 11.6 Å². The third kappa shape index (κ3) is 4.27. The molecular formula is C19H25ClN2O5S. The maximum absolute atomic E-state index is 13.2. The van der Waals surface area contributed by atoms with Gasteiger partial charge in [0.25, 0.3) is 0 Å². The van der Waals surface area contributed by atoms with Crippen molar-refractivity contribution in [1.82, 2.24) is 4.90 Å². The molecule has 9 heteroatoms. The molecule has 0 bridgehead atoms. The molecule has 154 valence electrons. The Morgan fingerprint density at radius 1 is 1.39 bits per heavy atom. The summed E-state index contributed by atoms with van der Waals surface area (Å²) in [5.74, 6) is -0.203. The molecule has 2 fully saturated rings. The van der Waals surface area contributed by atoms with Gasteiger partial charge in [-0.2, -0.15) is 0 Å². The number of hydrogen-bond acceptors (Lipinski definition) is 5. The van der Waals surface area contributed by atoms with Crippen molar-refractivity contribution in [2.45, 2.75) is 32.2 Å². The van der Waals surface area contributed by atoms with Crippen molar-refractivity contribution >= 4 is 38.9 Å². The molecule has 0 aromatic heterocycles. The number of nitrogens with zero attached hydrogens (tertiary/aromatic N) is 2. The highest BCUT2D eigenvalue weighted by Gasteiger charge is 2.41. The van der Waals surface area contributed by atoms with Gasteiger partial charge in [-0.05, 0) is 31.0 Å². The number of methoxy groups -OCH3 is 1. The molecule has 2 amide bonds. The molecule has 3 rings (SSSR count). The summed E-state index contributed by atoms with van der Waals surface area (Å²) >= 11 is 6.08. The highest BCUT2D eigenvalue weighted by atomic mass is 35.5. The number of carbonyl (C=O) groups excluding carboxylic acids is 2. The van der Waals surface area contributed by atoms with Gasteiger partial charge in [0.15, 0.2) is 9.84 Å². The first-order valence-corrected chi connectivity index (χ1v) is 11.6. The van der Waals surface area contributed by atoms with Gasteiger partial charge in [-0.1, -0.05) is 18.5 Å². The lowest BCUT2D eigenvalue weighted by Gasteiger charge is -2.30. The van der Waals surface area contributed by atoms with E-state index in [-0.39, 0.29) is 42.3 Å². The van der Waals surface area contributed by atoms with Gasteiger partial charge in [0.05, 0.1) is 30.2 Å². The minimum absolute atomic E-state index is 0.00520. The topological polar surface area (TPSA) is 84.0 Å². The van der Waals surface area contributed by atoms with E-state index in [2.05, 4.69) is 0 Å². The number of sulfone groups is 1. The smallest absolute Gasteiger partial charge is 0.228 e. The third-order valence-corrected chi connectivity index (χ3v) is 7.29. The lowest BCUT2D eigenvalue weighted by molar-refractivity contribution is -0.137. The molecule has 0 N–H and O–H groups in total. The van der Waals surface area contributed by atoms with Gasteiger partial charge in [0, 0.05) is 30.6 Å². The molecule has 2 unspecified atom stereocenters. The van der Waals surface area contributed by atoms with Crippen LogP contribution in [-0.2, 0) is 19.4 Å². The van der Waals surface area contributed by atoms with Gasteiger partial charge < -0.3 is 14.5 Å². The van der Waals surface area contributed by atoms with E-state index < -0.39 is 15.8 Å². The van der Waals surface area contributed by atoms with Gasteiger partial charge in [0.2, 0.25) is 11.8 Å². The number of anilines is 1. The maximum Gasteiger partial charge on any atom is 0.228 e. The predicted molar refractivity (Wildman–Crippen MR) is 108 cm³/mol. The van der Waals surface area contributed by atoms with Crippen LogP contribution in [0.4, 0.5) is 5.69 Å². The molecule has 7 nitrogen and oxygen atoms in total. The van der Waals surface area contributed by atoms with Crippen LogP contribution in [-0.4, -0.2) is 62.9 Å². The van der Waals surface area contributed by atoms with Crippen LogP contribution in [0.1, 0.15) is 26.2 Å². The van der Waals surface area contributed by atoms with Crippen LogP contribution in [0, 0.1) is 5.92 Å². The highest BCUT2D eigenvalue weighted by Crippen LogP contribution is 2.36.